The third-order valence-electron chi connectivity index (χ3n) is 2.67. The molecule has 0 unspecified atom stereocenters. The molecule has 88 valence electrons. The standard InChI is InChI=1S/C11H17N3OS/c1-2-3-4-6-13-10(15)9-5-7-14(8-9)11(12)16/h1,9H,3-8H2,(H2,12,16)(H,13,15)/t9-/m1/s1. The van der Waals surface area contributed by atoms with Crippen molar-refractivity contribution in [1.29, 1.82) is 0 Å². The maximum absolute atomic E-state index is 11.7. The second kappa shape index (κ2) is 6.33. The third kappa shape index (κ3) is 3.70. The van der Waals surface area contributed by atoms with Crippen LogP contribution in [0.5, 0.6) is 0 Å². The number of unbranched alkanes of at least 4 members (excludes halogenated alkanes) is 1. The summed E-state index contributed by atoms with van der Waals surface area (Å²) in [7, 11) is 0. The van der Waals surface area contributed by atoms with Crippen LogP contribution in [0.1, 0.15) is 19.3 Å². The van der Waals surface area contributed by atoms with Crippen LogP contribution in [0.3, 0.4) is 0 Å². The van der Waals surface area contributed by atoms with Gasteiger partial charge in [-0.15, -0.1) is 12.3 Å². The second-order valence-corrected chi connectivity index (χ2v) is 4.29. The first kappa shape index (κ1) is 12.8. The van der Waals surface area contributed by atoms with E-state index in [9.17, 15) is 4.79 Å². The molecule has 0 spiro atoms. The SMILES string of the molecule is C#CCCCNC(=O)[C@@H]1CCN(C(N)=S)C1. The molecule has 16 heavy (non-hydrogen) atoms. The van der Waals surface area contributed by atoms with Crippen LogP contribution in [-0.2, 0) is 4.79 Å². The van der Waals surface area contributed by atoms with E-state index >= 15 is 0 Å². The summed E-state index contributed by atoms with van der Waals surface area (Å²) in [6, 6.07) is 0. The predicted molar refractivity (Wildman–Crippen MR) is 67.5 cm³/mol. The molecule has 0 bridgehead atoms. The number of terminal acetylenes is 1. The molecule has 1 rings (SSSR count). The summed E-state index contributed by atoms with van der Waals surface area (Å²) in [5.74, 6) is 2.63. The van der Waals surface area contributed by atoms with Gasteiger partial charge in [-0.25, -0.2) is 0 Å². The zero-order valence-electron chi connectivity index (χ0n) is 9.24. The van der Waals surface area contributed by atoms with Gasteiger partial charge in [-0.1, -0.05) is 0 Å². The Morgan fingerprint density at radius 1 is 1.69 bits per heavy atom. The number of carbonyl (C=O) groups is 1. The molecule has 1 heterocycles. The minimum atomic E-state index is 0.00679. The summed E-state index contributed by atoms with van der Waals surface area (Å²) < 4.78 is 0. The van der Waals surface area contributed by atoms with Gasteiger partial charge < -0.3 is 16.0 Å². The fraction of sp³-hybridized carbons (Fsp3) is 0.636. The van der Waals surface area contributed by atoms with E-state index in [1.807, 2.05) is 4.90 Å². The monoisotopic (exact) mass is 239 g/mol. The van der Waals surface area contributed by atoms with Crippen LogP contribution in [0.25, 0.3) is 0 Å². The molecule has 3 N–H and O–H groups in total. The lowest BCUT2D eigenvalue weighted by molar-refractivity contribution is -0.124. The van der Waals surface area contributed by atoms with Gasteiger partial charge in [0.15, 0.2) is 5.11 Å². The summed E-state index contributed by atoms with van der Waals surface area (Å²) in [5, 5.41) is 3.25. The van der Waals surface area contributed by atoms with Crippen LogP contribution in [0.2, 0.25) is 0 Å². The fourth-order valence-corrected chi connectivity index (χ4v) is 1.89. The van der Waals surface area contributed by atoms with Gasteiger partial charge in [0.1, 0.15) is 0 Å². The number of hydrogen-bond donors (Lipinski definition) is 2. The number of thiocarbonyl (C=S) groups is 1. The molecule has 1 atom stereocenters. The maximum atomic E-state index is 11.7. The molecule has 1 saturated heterocycles. The smallest absolute Gasteiger partial charge is 0.224 e. The first-order valence-electron chi connectivity index (χ1n) is 5.40. The lowest BCUT2D eigenvalue weighted by Crippen LogP contribution is -2.37. The minimum absolute atomic E-state index is 0.00679. The van der Waals surface area contributed by atoms with Crippen molar-refractivity contribution >= 4 is 23.2 Å². The summed E-state index contributed by atoms with van der Waals surface area (Å²) >= 11 is 4.87. The molecule has 4 nitrogen and oxygen atoms in total. The summed E-state index contributed by atoms with van der Waals surface area (Å²) in [6.07, 6.45) is 7.46. The molecule has 5 heteroatoms. The van der Waals surface area contributed by atoms with Crippen molar-refractivity contribution < 1.29 is 4.79 Å². The van der Waals surface area contributed by atoms with Crippen molar-refractivity contribution in [1.82, 2.24) is 10.2 Å². The van der Waals surface area contributed by atoms with Crippen molar-refractivity contribution in [3.8, 4) is 12.3 Å². The molecule has 0 aromatic heterocycles. The summed E-state index contributed by atoms with van der Waals surface area (Å²) in [6.45, 7) is 2.06. The molecule has 1 aliphatic rings. The van der Waals surface area contributed by atoms with Crippen LogP contribution in [0.4, 0.5) is 0 Å². The number of nitrogens with two attached hydrogens (primary N) is 1. The van der Waals surface area contributed by atoms with E-state index in [1.54, 1.807) is 0 Å². The van der Waals surface area contributed by atoms with Gasteiger partial charge in [-0.05, 0) is 25.1 Å². The lowest BCUT2D eigenvalue weighted by atomic mass is 10.1. The Balaban J connectivity index is 2.23. The first-order chi connectivity index (χ1) is 7.65. The third-order valence-corrected chi connectivity index (χ3v) is 2.93. The topological polar surface area (TPSA) is 58.4 Å². The molecule has 0 radical (unpaired) electrons. The summed E-state index contributed by atoms with van der Waals surface area (Å²) in [5.41, 5.74) is 5.50. The number of likely N-dealkylation sites (tertiary alicyclic amines) is 1. The highest BCUT2D eigenvalue weighted by Gasteiger charge is 2.28. The van der Waals surface area contributed by atoms with Gasteiger partial charge in [0.05, 0.1) is 5.92 Å². The van der Waals surface area contributed by atoms with Crippen molar-refractivity contribution in [3.05, 3.63) is 0 Å². The largest absolute Gasteiger partial charge is 0.376 e. The van der Waals surface area contributed by atoms with E-state index in [2.05, 4.69) is 11.2 Å². The highest BCUT2D eigenvalue weighted by atomic mass is 32.1. The van der Waals surface area contributed by atoms with Crippen LogP contribution in [-0.4, -0.2) is 35.6 Å². The quantitative estimate of drug-likeness (QED) is 0.414. The fourth-order valence-electron chi connectivity index (χ4n) is 1.72. The van der Waals surface area contributed by atoms with Crippen molar-refractivity contribution in [2.24, 2.45) is 11.7 Å². The Kier molecular flexibility index (Phi) is 5.06. The highest BCUT2D eigenvalue weighted by molar-refractivity contribution is 7.80. The number of nitrogens with zero attached hydrogens (tertiary/aromatic N) is 1. The van der Waals surface area contributed by atoms with Gasteiger partial charge in [0.2, 0.25) is 5.91 Å². The molecule has 1 aliphatic heterocycles. The zero-order chi connectivity index (χ0) is 12.0. The minimum Gasteiger partial charge on any atom is -0.376 e. The lowest BCUT2D eigenvalue weighted by Gasteiger charge is -2.15. The highest BCUT2D eigenvalue weighted by Crippen LogP contribution is 2.15. The molecule has 1 fully saturated rings. The molecular formula is C11H17N3OS. The van der Waals surface area contributed by atoms with Crippen LogP contribution in [0, 0.1) is 18.3 Å². The van der Waals surface area contributed by atoms with E-state index in [0.29, 0.717) is 24.6 Å². The molecule has 0 aromatic rings. The average Bonchev–Trinajstić information content (AvgIpc) is 2.73. The van der Waals surface area contributed by atoms with Gasteiger partial charge in [-0.3, -0.25) is 4.79 Å². The molecule has 0 saturated carbocycles. The van der Waals surface area contributed by atoms with E-state index in [0.717, 1.165) is 19.4 Å². The predicted octanol–water partition coefficient (Wildman–Crippen LogP) is 0.0815. The Labute approximate surface area is 102 Å². The number of amides is 1. The van der Waals surface area contributed by atoms with Crippen LogP contribution >= 0.6 is 12.2 Å². The van der Waals surface area contributed by atoms with Gasteiger partial charge in [-0.2, -0.15) is 0 Å². The number of hydrogen-bond acceptors (Lipinski definition) is 2. The average molecular weight is 239 g/mol. The van der Waals surface area contributed by atoms with E-state index in [1.165, 1.54) is 0 Å². The molecule has 0 aliphatic carbocycles. The Morgan fingerprint density at radius 2 is 2.44 bits per heavy atom. The van der Waals surface area contributed by atoms with E-state index in [4.69, 9.17) is 24.4 Å². The first-order valence-corrected chi connectivity index (χ1v) is 5.81. The number of carbonyl (C=O) groups excluding carboxylic acids is 1. The maximum Gasteiger partial charge on any atom is 0.224 e. The zero-order valence-corrected chi connectivity index (χ0v) is 10.1. The van der Waals surface area contributed by atoms with E-state index in [-0.39, 0.29) is 11.8 Å². The van der Waals surface area contributed by atoms with Crippen LogP contribution in [0.15, 0.2) is 0 Å². The van der Waals surface area contributed by atoms with Crippen LogP contribution < -0.4 is 11.1 Å². The van der Waals surface area contributed by atoms with Gasteiger partial charge in [0, 0.05) is 26.1 Å². The Bertz CT molecular complexity index is 311. The normalized spacial score (nSPS) is 19.2. The van der Waals surface area contributed by atoms with E-state index < -0.39 is 0 Å². The number of nitrogens with one attached hydrogen (secondary N) is 1. The molecule has 1 amide bonds. The number of rotatable bonds is 4. The second-order valence-electron chi connectivity index (χ2n) is 3.87. The molecular weight excluding hydrogens is 222 g/mol. The summed E-state index contributed by atoms with van der Waals surface area (Å²) in [4.78, 5) is 13.6. The van der Waals surface area contributed by atoms with Crippen molar-refractivity contribution in [2.45, 2.75) is 19.3 Å². The van der Waals surface area contributed by atoms with Crippen molar-refractivity contribution in [2.75, 3.05) is 19.6 Å². The molecule has 0 aromatic carbocycles. The van der Waals surface area contributed by atoms with Gasteiger partial charge >= 0.3 is 0 Å². The van der Waals surface area contributed by atoms with Gasteiger partial charge in [0.25, 0.3) is 0 Å². The Morgan fingerprint density at radius 3 is 3.00 bits per heavy atom. The van der Waals surface area contributed by atoms with Crippen molar-refractivity contribution in [3.63, 3.8) is 0 Å². The Hall–Kier alpha value is -1.28.